The minimum atomic E-state index is 0.0914. The molecule has 0 bridgehead atoms. The fourth-order valence-electron chi connectivity index (χ4n) is 2.29. The van der Waals surface area contributed by atoms with Crippen molar-refractivity contribution in [1.29, 1.82) is 0 Å². The summed E-state index contributed by atoms with van der Waals surface area (Å²) in [6, 6.07) is 9.64. The van der Waals surface area contributed by atoms with Crippen molar-refractivity contribution in [2.45, 2.75) is 34.1 Å². The van der Waals surface area contributed by atoms with Gasteiger partial charge in [0.15, 0.2) is 0 Å². The third-order valence-corrected chi connectivity index (χ3v) is 2.96. The maximum absolute atomic E-state index is 12.0. The predicted molar refractivity (Wildman–Crippen MR) is 85.8 cm³/mol. The second-order valence-electron chi connectivity index (χ2n) is 6.21. The molecule has 0 aliphatic carbocycles. The number of benzene rings is 1. The van der Waals surface area contributed by atoms with Gasteiger partial charge in [0, 0.05) is 31.7 Å². The van der Waals surface area contributed by atoms with E-state index in [1.54, 1.807) is 0 Å². The van der Waals surface area contributed by atoms with Crippen molar-refractivity contribution in [3.05, 3.63) is 30.3 Å². The Balaban J connectivity index is 2.39. The van der Waals surface area contributed by atoms with Gasteiger partial charge in [-0.05, 0) is 24.0 Å². The summed E-state index contributed by atoms with van der Waals surface area (Å²) in [7, 11) is 0. The zero-order valence-electron chi connectivity index (χ0n) is 13.2. The summed E-state index contributed by atoms with van der Waals surface area (Å²) in [5.41, 5.74) is 0.872. The second kappa shape index (κ2) is 8.75. The van der Waals surface area contributed by atoms with Gasteiger partial charge in [0.05, 0.1) is 0 Å². The van der Waals surface area contributed by atoms with Gasteiger partial charge in [-0.15, -0.1) is 0 Å². The average molecular weight is 276 g/mol. The van der Waals surface area contributed by atoms with Crippen molar-refractivity contribution in [2.24, 2.45) is 11.8 Å². The Labute approximate surface area is 123 Å². The first-order valence-electron chi connectivity index (χ1n) is 7.54. The van der Waals surface area contributed by atoms with Gasteiger partial charge >= 0.3 is 0 Å². The van der Waals surface area contributed by atoms with Crippen LogP contribution in [0.4, 0.5) is 5.69 Å². The lowest BCUT2D eigenvalue weighted by atomic mass is 10.1. The van der Waals surface area contributed by atoms with E-state index in [9.17, 15) is 4.79 Å². The van der Waals surface area contributed by atoms with E-state index in [-0.39, 0.29) is 5.91 Å². The van der Waals surface area contributed by atoms with Crippen LogP contribution in [0.15, 0.2) is 30.3 Å². The van der Waals surface area contributed by atoms with Crippen LogP contribution in [0.25, 0.3) is 0 Å². The Kier molecular flexibility index (Phi) is 7.31. The molecule has 20 heavy (non-hydrogen) atoms. The van der Waals surface area contributed by atoms with Crippen LogP contribution in [-0.4, -0.2) is 30.4 Å². The quantitative estimate of drug-likeness (QED) is 0.786. The molecular weight excluding hydrogens is 248 g/mol. The Morgan fingerprint density at radius 2 is 1.60 bits per heavy atom. The lowest BCUT2D eigenvalue weighted by molar-refractivity contribution is -0.116. The number of carbonyl (C=O) groups is 1. The number of anilines is 1. The van der Waals surface area contributed by atoms with E-state index in [1.807, 2.05) is 30.3 Å². The van der Waals surface area contributed by atoms with Gasteiger partial charge in [0.1, 0.15) is 0 Å². The Hall–Kier alpha value is -1.35. The smallest absolute Gasteiger partial charge is 0.225 e. The summed E-state index contributed by atoms with van der Waals surface area (Å²) < 4.78 is 0. The number of nitrogens with one attached hydrogen (secondary N) is 1. The summed E-state index contributed by atoms with van der Waals surface area (Å²) in [6.45, 7) is 11.8. The first-order valence-corrected chi connectivity index (χ1v) is 7.54. The fraction of sp³-hybridized carbons (Fsp3) is 0.588. The van der Waals surface area contributed by atoms with Crippen LogP contribution in [-0.2, 0) is 4.79 Å². The number of rotatable bonds is 8. The third-order valence-electron chi connectivity index (χ3n) is 2.96. The van der Waals surface area contributed by atoms with Crippen LogP contribution in [0.3, 0.4) is 0 Å². The van der Waals surface area contributed by atoms with Crippen molar-refractivity contribution in [3.63, 3.8) is 0 Å². The fourth-order valence-corrected chi connectivity index (χ4v) is 2.29. The van der Waals surface area contributed by atoms with Crippen LogP contribution < -0.4 is 5.32 Å². The van der Waals surface area contributed by atoms with E-state index in [4.69, 9.17) is 0 Å². The zero-order valence-corrected chi connectivity index (χ0v) is 13.2. The molecule has 3 heteroatoms. The van der Waals surface area contributed by atoms with Gasteiger partial charge in [-0.1, -0.05) is 45.9 Å². The largest absolute Gasteiger partial charge is 0.326 e. The van der Waals surface area contributed by atoms with Gasteiger partial charge in [-0.3, -0.25) is 4.79 Å². The maximum atomic E-state index is 12.0. The molecule has 0 aliphatic rings. The molecule has 0 spiro atoms. The van der Waals surface area contributed by atoms with Crippen LogP contribution in [0.2, 0.25) is 0 Å². The Morgan fingerprint density at radius 1 is 1.05 bits per heavy atom. The summed E-state index contributed by atoms with van der Waals surface area (Å²) in [5.74, 6) is 1.35. The van der Waals surface area contributed by atoms with E-state index in [1.165, 1.54) is 0 Å². The zero-order chi connectivity index (χ0) is 15.0. The molecule has 0 atom stereocenters. The molecule has 1 rings (SSSR count). The molecule has 1 aromatic rings. The highest BCUT2D eigenvalue weighted by Gasteiger charge is 2.11. The highest BCUT2D eigenvalue weighted by atomic mass is 16.1. The molecule has 0 heterocycles. The summed E-state index contributed by atoms with van der Waals surface area (Å²) in [6.07, 6.45) is 0.550. The molecule has 112 valence electrons. The second-order valence-corrected chi connectivity index (χ2v) is 6.21. The van der Waals surface area contributed by atoms with E-state index in [0.717, 1.165) is 25.3 Å². The number of hydrogen-bond donors (Lipinski definition) is 1. The van der Waals surface area contributed by atoms with Crippen molar-refractivity contribution in [3.8, 4) is 0 Å². The lowest BCUT2D eigenvalue weighted by Crippen LogP contribution is -2.34. The normalized spacial score (nSPS) is 11.3. The van der Waals surface area contributed by atoms with Crippen molar-refractivity contribution < 1.29 is 4.79 Å². The summed E-state index contributed by atoms with van der Waals surface area (Å²) >= 11 is 0. The predicted octanol–water partition coefficient (Wildman–Crippen LogP) is 3.63. The molecule has 1 N–H and O–H groups in total. The lowest BCUT2D eigenvalue weighted by Gasteiger charge is -2.25. The minimum absolute atomic E-state index is 0.0914. The van der Waals surface area contributed by atoms with Gasteiger partial charge in [-0.2, -0.15) is 0 Å². The van der Waals surface area contributed by atoms with E-state index in [0.29, 0.717) is 18.3 Å². The van der Waals surface area contributed by atoms with Crippen molar-refractivity contribution in [2.75, 3.05) is 25.0 Å². The molecular formula is C17H28N2O. The van der Waals surface area contributed by atoms with E-state index >= 15 is 0 Å². The average Bonchev–Trinajstić information content (AvgIpc) is 2.36. The molecule has 0 fully saturated rings. The van der Waals surface area contributed by atoms with E-state index in [2.05, 4.69) is 37.9 Å². The topological polar surface area (TPSA) is 32.3 Å². The van der Waals surface area contributed by atoms with Gasteiger partial charge in [-0.25, -0.2) is 0 Å². The monoisotopic (exact) mass is 276 g/mol. The van der Waals surface area contributed by atoms with E-state index < -0.39 is 0 Å². The first kappa shape index (κ1) is 16.7. The van der Waals surface area contributed by atoms with Crippen LogP contribution in [0.5, 0.6) is 0 Å². The summed E-state index contributed by atoms with van der Waals surface area (Å²) in [4.78, 5) is 14.3. The summed E-state index contributed by atoms with van der Waals surface area (Å²) in [5, 5.41) is 2.94. The number of amides is 1. The van der Waals surface area contributed by atoms with Crippen LogP contribution in [0, 0.1) is 11.8 Å². The Bertz CT molecular complexity index is 377. The van der Waals surface area contributed by atoms with Crippen LogP contribution >= 0.6 is 0 Å². The van der Waals surface area contributed by atoms with Gasteiger partial charge in [0.25, 0.3) is 0 Å². The van der Waals surface area contributed by atoms with Crippen molar-refractivity contribution >= 4 is 11.6 Å². The standard InChI is InChI=1S/C17H28N2O/c1-14(2)12-19(13-15(3)4)11-10-17(20)18-16-8-6-5-7-9-16/h5-9,14-15H,10-13H2,1-4H3,(H,18,20). The molecule has 0 saturated heterocycles. The molecule has 0 unspecified atom stereocenters. The molecule has 0 saturated carbocycles. The molecule has 0 radical (unpaired) electrons. The third kappa shape index (κ3) is 7.29. The maximum Gasteiger partial charge on any atom is 0.225 e. The highest BCUT2D eigenvalue weighted by molar-refractivity contribution is 5.90. The number of nitrogens with zero attached hydrogens (tertiary/aromatic N) is 1. The molecule has 0 aromatic heterocycles. The Morgan fingerprint density at radius 3 is 2.10 bits per heavy atom. The highest BCUT2D eigenvalue weighted by Crippen LogP contribution is 2.07. The van der Waals surface area contributed by atoms with Crippen LogP contribution in [0.1, 0.15) is 34.1 Å². The SMILES string of the molecule is CC(C)CN(CCC(=O)Nc1ccccc1)CC(C)C. The molecule has 0 aliphatic heterocycles. The molecule has 3 nitrogen and oxygen atoms in total. The van der Waals surface area contributed by atoms with Crippen molar-refractivity contribution in [1.82, 2.24) is 4.90 Å². The number of hydrogen-bond acceptors (Lipinski definition) is 2. The number of carbonyl (C=O) groups excluding carboxylic acids is 1. The first-order chi connectivity index (χ1) is 9.47. The molecule has 1 amide bonds. The van der Waals surface area contributed by atoms with Gasteiger partial charge in [0.2, 0.25) is 5.91 Å². The van der Waals surface area contributed by atoms with Gasteiger partial charge < -0.3 is 10.2 Å². The minimum Gasteiger partial charge on any atom is -0.326 e. The number of para-hydroxylation sites is 1. The molecule has 1 aromatic carbocycles.